The fourth-order valence-corrected chi connectivity index (χ4v) is 2.41. The second kappa shape index (κ2) is 6.95. The first-order valence-electron chi connectivity index (χ1n) is 6.55. The smallest absolute Gasteiger partial charge is 0.109 e. The molecule has 1 fully saturated rings. The average molecular weight is 240 g/mol. The van der Waals surface area contributed by atoms with E-state index in [1.807, 2.05) is 20.8 Å². The van der Waals surface area contributed by atoms with Crippen molar-refractivity contribution < 1.29 is 9.47 Å². The zero-order valence-corrected chi connectivity index (χ0v) is 11.2. The molecular formula is C13H24N2O2. The molecule has 17 heavy (non-hydrogen) atoms. The summed E-state index contributed by atoms with van der Waals surface area (Å²) in [5.74, 6) is 0. The Bertz CT molecular complexity index is 265. The minimum absolute atomic E-state index is 0.107. The van der Waals surface area contributed by atoms with Crippen LogP contribution in [-0.2, 0) is 9.47 Å². The molecule has 4 heteroatoms. The van der Waals surface area contributed by atoms with Crippen LogP contribution < -0.4 is 5.32 Å². The van der Waals surface area contributed by atoms with Crippen LogP contribution in [0.3, 0.4) is 0 Å². The summed E-state index contributed by atoms with van der Waals surface area (Å²) < 4.78 is 11.2. The second-order valence-corrected chi connectivity index (χ2v) is 4.70. The van der Waals surface area contributed by atoms with Crippen molar-refractivity contribution in [1.29, 1.82) is 5.26 Å². The Hall–Kier alpha value is -0.630. The Balaban J connectivity index is 2.37. The molecule has 0 aromatic rings. The Morgan fingerprint density at radius 1 is 1.53 bits per heavy atom. The summed E-state index contributed by atoms with van der Waals surface area (Å²) >= 11 is 0. The quantitative estimate of drug-likeness (QED) is 0.738. The first-order valence-corrected chi connectivity index (χ1v) is 6.55. The molecular weight excluding hydrogens is 216 g/mol. The first-order chi connectivity index (χ1) is 8.15. The van der Waals surface area contributed by atoms with Gasteiger partial charge in [0.05, 0.1) is 24.9 Å². The van der Waals surface area contributed by atoms with Gasteiger partial charge in [0, 0.05) is 13.0 Å². The van der Waals surface area contributed by atoms with Crippen LogP contribution in [0.15, 0.2) is 0 Å². The summed E-state index contributed by atoms with van der Waals surface area (Å²) in [5, 5.41) is 12.5. The van der Waals surface area contributed by atoms with Gasteiger partial charge in [-0.05, 0) is 33.2 Å². The van der Waals surface area contributed by atoms with Crippen molar-refractivity contribution in [2.45, 2.75) is 57.8 Å². The van der Waals surface area contributed by atoms with Crippen LogP contribution >= 0.6 is 0 Å². The lowest BCUT2D eigenvalue weighted by Crippen LogP contribution is -2.42. The summed E-state index contributed by atoms with van der Waals surface area (Å²) in [7, 11) is 0. The predicted molar refractivity (Wildman–Crippen MR) is 66.7 cm³/mol. The molecule has 1 aliphatic rings. The summed E-state index contributed by atoms with van der Waals surface area (Å²) in [5.41, 5.74) is -0.370. The van der Waals surface area contributed by atoms with Crippen LogP contribution in [0.5, 0.6) is 0 Å². The molecule has 0 spiro atoms. The Morgan fingerprint density at radius 3 is 2.88 bits per heavy atom. The molecule has 0 amide bonds. The number of ether oxygens (including phenoxy) is 2. The van der Waals surface area contributed by atoms with E-state index in [0.29, 0.717) is 6.61 Å². The van der Waals surface area contributed by atoms with E-state index in [1.54, 1.807) is 0 Å². The monoisotopic (exact) mass is 240 g/mol. The normalized spacial score (nSPS) is 30.1. The number of nitrogens with zero attached hydrogens (tertiary/aromatic N) is 1. The Labute approximate surface area is 104 Å². The lowest BCUT2D eigenvalue weighted by Gasteiger charge is -2.23. The summed E-state index contributed by atoms with van der Waals surface area (Å²) in [6.07, 6.45) is 2.91. The summed E-state index contributed by atoms with van der Waals surface area (Å²) in [6, 6.07) is 2.40. The van der Waals surface area contributed by atoms with Gasteiger partial charge in [0.25, 0.3) is 0 Å². The minimum atomic E-state index is -0.370. The van der Waals surface area contributed by atoms with Crippen LogP contribution in [0.4, 0.5) is 0 Å². The third kappa shape index (κ3) is 4.27. The van der Waals surface area contributed by atoms with E-state index in [1.165, 1.54) is 0 Å². The van der Waals surface area contributed by atoms with Crippen molar-refractivity contribution in [3.63, 3.8) is 0 Å². The highest BCUT2D eigenvalue weighted by atomic mass is 16.5. The van der Waals surface area contributed by atoms with Crippen molar-refractivity contribution in [2.75, 3.05) is 19.8 Å². The van der Waals surface area contributed by atoms with E-state index in [4.69, 9.17) is 9.47 Å². The lowest BCUT2D eigenvalue weighted by atomic mass is 10.00. The van der Waals surface area contributed by atoms with E-state index in [-0.39, 0.29) is 17.7 Å². The number of hydrogen-bond donors (Lipinski definition) is 1. The molecule has 4 nitrogen and oxygen atoms in total. The standard InChI is InChI=1S/C13H24N2O2/c1-4-15-13(10-14)7-6-12(8-13)17-11(3)9-16-5-2/h11-12,15H,4-9H2,1-3H3. The van der Waals surface area contributed by atoms with Crippen LogP contribution in [0.2, 0.25) is 0 Å². The number of hydrogen-bond acceptors (Lipinski definition) is 4. The van der Waals surface area contributed by atoms with Gasteiger partial charge in [-0.15, -0.1) is 0 Å². The van der Waals surface area contributed by atoms with Gasteiger partial charge in [0.15, 0.2) is 0 Å². The second-order valence-electron chi connectivity index (χ2n) is 4.70. The van der Waals surface area contributed by atoms with Gasteiger partial charge in [0.1, 0.15) is 5.54 Å². The van der Waals surface area contributed by atoms with Gasteiger partial charge in [-0.2, -0.15) is 5.26 Å². The molecule has 0 heterocycles. The number of nitriles is 1. The predicted octanol–water partition coefficient (Wildman–Crippen LogP) is 1.85. The van der Waals surface area contributed by atoms with Crippen molar-refractivity contribution in [3.05, 3.63) is 0 Å². The first kappa shape index (κ1) is 14.4. The SMILES string of the molecule is CCNC1(C#N)CCC(OC(C)COCC)C1. The van der Waals surface area contributed by atoms with Gasteiger partial charge >= 0.3 is 0 Å². The number of nitrogens with one attached hydrogen (secondary N) is 1. The molecule has 98 valence electrons. The van der Waals surface area contributed by atoms with Gasteiger partial charge in [-0.1, -0.05) is 6.92 Å². The number of rotatable bonds is 7. The highest BCUT2D eigenvalue weighted by molar-refractivity contribution is 5.12. The van der Waals surface area contributed by atoms with E-state index >= 15 is 0 Å². The third-order valence-corrected chi connectivity index (χ3v) is 3.18. The summed E-state index contributed by atoms with van der Waals surface area (Å²) in [6.45, 7) is 8.22. The largest absolute Gasteiger partial charge is 0.379 e. The van der Waals surface area contributed by atoms with Crippen LogP contribution in [0.1, 0.15) is 40.0 Å². The average Bonchev–Trinajstić information content (AvgIpc) is 2.71. The third-order valence-electron chi connectivity index (χ3n) is 3.18. The van der Waals surface area contributed by atoms with Crippen LogP contribution in [0, 0.1) is 11.3 Å². The molecule has 0 aliphatic heterocycles. The van der Waals surface area contributed by atoms with Crippen molar-refractivity contribution in [2.24, 2.45) is 0 Å². The van der Waals surface area contributed by atoms with Gasteiger partial charge in [-0.3, -0.25) is 5.32 Å². The fraction of sp³-hybridized carbons (Fsp3) is 0.923. The highest BCUT2D eigenvalue weighted by Crippen LogP contribution is 2.32. The molecule has 0 aromatic carbocycles. The zero-order chi connectivity index (χ0) is 12.7. The van der Waals surface area contributed by atoms with E-state index in [0.717, 1.165) is 32.4 Å². The molecule has 1 N–H and O–H groups in total. The molecule has 1 saturated carbocycles. The molecule has 1 aliphatic carbocycles. The maximum atomic E-state index is 9.25. The van der Waals surface area contributed by atoms with Gasteiger partial charge in [0.2, 0.25) is 0 Å². The van der Waals surface area contributed by atoms with Crippen LogP contribution in [-0.4, -0.2) is 37.5 Å². The molecule has 3 unspecified atom stereocenters. The molecule has 0 radical (unpaired) electrons. The Kier molecular flexibility index (Phi) is 5.90. The summed E-state index contributed by atoms with van der Waals surface area (Å²) in [4.78, 5) is 0. The van der Waals surface area contributed by atoms with Crippen LogP contribution in [0.25, 0.3) is 0 Å². The zero-order valence-electron chi connectivity index (χ0n) is 11.2. The topological polar surface area (TPSA) is 54.3 Å². The molecule has 1 rings (SSSR count). The van der Waals surface area contributed by atoms with Gasteiger partial charge < -0.3 is 9.47 Å². The van der Waals surface area contributed by atoms with Crippen molar-refractivity contribution in [1.82, 2.24) is 5.32 Å². The van der Waals surface area contributed by atoms with Crippen molar-refractivity contribution >= 4 is 0 Å². The minimum Gasteiger partial charge on any atom is -0.379 e. The Morgan fingerprint density at radius 2 is 2.29 bits per heavy atom. The van der Waals surface area contributed by atoms with Gasteiger partial charge in [-0.25, -0.2) is 0 Å². The maximum absolute atomic E-state index is 9.25. The molecule has 0 aromatic heterocycles. The maximum Gasteiger partial charge on any atom is 0.109 e. The fourth-order valence-electron chi connectivity index (χ4n) is 2.41. The van der Waals surface area contributed by atoms with E-state index in [9.17, 15) is 5.26 Å². The molecule has 0 saturated heterocycles. The van der Waals surface area contributed by atoms with E-state index in [2.05, 4.69) is 11.4 Å². The molecule has 3 atom stereocenters. The van der Waals surface area contributed by atoms with Crippen molar-refractivity contribution in [3.8, 4) is 6.07 Å². The van der Waals surface area contributed by atoms with E-state index < -0.39 is 0 Å². The molecule has 0 bridgehead atoms. The lowest BCUT2D eigenvalue weighted by molar-refractivity contribution is -0.0447. The highest BCUT2D eigenvalue weighted by Gasteiger charge is 2.39.